The van der Waals surface area contributed by atoms with Gasteiger partial charge in [0.2, 0.25) is 11.7 Å². The third kappa shape index (κ3) is 3.96. The van der Waals surface area contributed by atoms with Gasteiger partial charge in [-0.05, 0) is 35.4 Å². The molecule has 2 aromatic rings. The summed E-state index contributed by atoms with van der Waals surface area (Å²) in [5.41, 5.74) is 1.57. The predicted octanol–water partition coefficient (Wildman–Crippen LogP) is 2.42. The van der Waals surface area contributed by atoms with Crippen molar-refractivity contribution in [2.45, 2.75) is 0 Å². The van der Waals surface area contributed by atoms with Crippen molar-refractivity contribution in [3.05, 3.63) is 42.0 Å². The number of aliphatic hydroxyl groups is 1. The number of hydrogen-bond donors (Lipinski definition) is 3. The normalized spacial score (nSPS) is 10.2. The Morgan fingerprint density at radius 1 is 1.00 bits per heavy atom. The quantitative estimate of drug-likeness (QED) is 0.595. The van der Waals surface area contributed by atoms with Crippen LogP contribution < -0.4 is 24.3 Å². The average molecular weight is 389 g/mol. The summed E-state index contributed by atoms with van der Waals surface area (Å²) in [5.74, 6) is 0.467. The molecule has 0 aliphatic heterocycles. The van der Waals surface area contributed by atoms with Crippen LogP contribution in [-0.4, -0.2) is 51.2 Å². The second-order valence-corrected chi connectivity index (χ2v) is 5.64. The molecule has 0 aliphatic carbocycles. The molecule has 2 aromatic carbocycles. The molecule has 0 atom stereocenters. The minimum atomic E-state index is -0.743. The van der Waals surface area contributed by atoms with Gasteiger partial charge in [-0.15, -0.1) is 0 Å². The molecular weight excluding hydrogens is 366 g/mol. The van der Waals surface area contributed by atoms with Crippen molar-refractivity contribution < 1.29 is 34.0 Å². The van der Waals surface area contributed by atoms with Gasteiger partial charge in [-0.3, -0.25) is 4.79 Å². The van der Waals surface area contributed by atoms with E-state index in [9.17, 15) is 9.90 Å². The van der Waals surface area contributed by atoms with Crippen molar-refractivity contribution in [1.82, 2.24) is 0 Å². The van der Waals surface area contributed by atoms with E-state index in [0.29, 0.717) is 33.9 Å². The van der Waals surface area contributed by atoms with Gasteiger partial charge < -0.3 is 34.5 Å². The summed E-state index contributed by atoms with van der Waals surface area (Å²) in [6.07, 6.45) is 0. The Hall–Kier alpha value is -3.39. The molecule has 8 heteroatoms. The number of nitrogens with one attached hydrogen (secondary N) is 1. The van der Waals surface area contributed by atoms with E-state index in [4.69, 9.17) is 24.1 Å². The minimum absolute atomic E-state index is 0.0668. The number of aliphatic hydroxyl groups excluding tert-OH is 1. The fourth-order valence-electron chi connectivity index (χ4n) is 2.70. The van der Waals surface area contributed by atoms with Crippen LogP contribution in [-0.2, 0) is 4.79 Å². The van der Waals surface area contributed by atoms with Gasteiger partial charge in [-0.25, -0.2) is 0 Å². The predicted molar refractivity (Wildman–Crippen MR) is 105 cm³/mol. The van der Waals surface area contributed by atoms with Crippen LogP contribution in [0.25, 0.3) is 5.57 Å². The highest BCUT2D eigenvalue weighted by molar-refractivity contribution is 5.99. The molecule has 0 heterocycles. The Balaban J connectivity index is 2.63. The molecule has 1 amide bonds. The molecule has 0 saturated carbocycles. The molecule has 150 valence electrons. The molecule has 2 rings (SSSR count). The van der Waals surface area contributed by atoms with E-state index in [1.54, 1.807) is 24.3 Å². The van der Waals surface area contributed by atoms with E-state index in [-0.39, 0.29) is 17.2 Å². The number of methoxy groups -OCH3 is 4. The minimum Gasteiger partial charge on any atom is -0.503 e. The van der Waals surface area contributed by atoms with Gasteiger partial charge in [0.05, 0.1) is 34.1 Å². The van der Waals surface area contributed by atoms with Crippen LogP contribution in [0.2, 0.25) is 0 Å². The maximum atomic E-state index is 11.7. The van der Waals surface area contributed by atoms with Crippen molar-refractivity contribution in [3.8, 4) is 28.7 Å². The number of rotatable bonds is 8. The first-order chi connectivity index (χ1) is 13.4. The second kappa shape index (κ2) is 9.01. The number of phenolic OH excluding ortho intramolecular Hbond substituents is 1. The monoisotopic (exact) mass is 389 g/mol. The Kier molecular flexibility index (Phi) is 6.73. The molecule has 0 aliphatic rings. The lowest BCUT2D eigenvalue weighted by Crippen LogP contribution is -2.17. The van der Waals surface area contributed by atoms with Crippen LogP contribution in [0.1, 0.15) is 11.1 Å². The van der Waals surface area contributed by atoms with Crippen LogP contribution in [0.15, 0.2) is 30.8 Å². The fourth-order valence-corrected chi connectivity index (χ4v) is 2.70. The summed E-state index contributed by atoms with van der Waals surface area (Å²) < 4.78 is 21.1. The molecule has 0 aromatic heterocycles. The van der Waals surface area contributed by atoms with Gasteiger partial charge in [0.15, 0.2) is 23.0 Å². The summed E-state index contributed by atoms with van der Waals surface area (Å²) >= 11 is 0. The van der Waals surface area contributed by atoms with Crippen molar-refractivity contribution in [3.63, 3.8) is 0 Å². The van der Waals surface area contributed by atoms with E-state index in [1.807, 2.05) is 0 Å². The molecule has 28 heavy (non-hydrogen) atoms. The first-order valence-corrected chi connectivity index (χ1v) is 8.22. The highest BCUT2D eigenvalue weighted by Crippen LogP contribution is 2.44. The SMILES string of the molecule is C=C(c1cc(OC)c(OC)c(OC)c1)c1ccc(OC)c(O)c1NC(=O)CO. The van der Waals surface area contributed by atoms with E-state index in [1.165, 1.54) is 28.4 Å². The average Bonchev–Trinajstić information content (AvgIpc) is 2.73. The van der Waals surface area contributed by atoms with E-state index >= 15 is 0 Å². The number of phenols is 1. The number of aromatic hydroxyl groups is 1. The van der Waals surface area contributed by atoms with Crippen molar-refractivity contribution in [2.75, 3.05) is 40.4 Å². The zero-order chi connectivity index (χ0) is 20.8. The van der Waals surface area contributed by atoms with E-state index in [2.05, 4.69) is 11.9 Å². The van der Waals surface area contributed by atoms with Crippen LogP contribution in [0.3, 0.4) is 0 Å². The third-order valence-corrected chi connectivity index (χ3v) is 4.11. The Morgan fingerprint density at radius 2 is 1.57 bits per heavy atom. The zero-order valence-electron chi connectivity index (χ0n) is 16.2. The summed E-state index contributed by atoms with van der Waals surface area (Å²) in [4.78, 5) is 11.7. The number of carbonyl (C=O) groups excluding carboxylic acids is 1. The first kappa shape index (κ1) is 20.9. The Morgan fingerprint density at radius 3 is 2.04 bits per heavy atom. The Labute approximate surface area is 162 Å². The number of hydrogen-bond acceptors (Lipinski definition) is 7. The summed E-state index contributed by atoms with van der Waals surface area (Å²) in [6, 6.07) is 6.57. The van der Waals surface area contributed by atoms with Crippen LogP contribution in [0, 0.1) is 0 Å². The topological polar surface area (TPSA) is 106 Å². The van der Waals surface area contributed by atoms with E-state index < -0.39 is 12.5 Å². The lowest BCUT2D eigenvalue weighted by atomic mass is 9.96. The standard InChI is InChI=1S/C20H23NO7/c1-11(12-8-15(26-3)20(28-5)16(9-12)27-4)13-6-7-14(25-2)19(24)18(13)21-17(23)10-22/h6-9,22,24H,1,10H2,2-5H3,(H,21,23). The molecule has 0 saturated heterocycles. The van der Waals surface area contributed by atoms with Gasteiger partial charge >= 0.3 is 0 Å². The highest BCUT2D eigenvalue weighted by Gasteiger charge is 2.20. The molecule has 3 N–H and O–H groups in total. The van der Waals surface area contributed by atoms with Crippen molar-refractivity contribution >= 4 is 17.2 Å². The maximum Gasteiger partial charge on any atom is 0.250 e. The maximum absolute atomic E-state index is 11.7. The van der Waals surface area contributed by atoms with Gasteiger partial charge in [0, 0.05) is 5.56 Å². The Bertz CT molecular complexity index is 867. The third-order valence-electron chi connectivity index (χ3n) is 4.11. The molecule has 0 spiro atoms. The van der Waals surface area contributed by atoms with Crippen molar-refractivity contribution in [2.24, 2.45) is 0 Å². The lowest BCUT2D eigenvalue weighted by molar-refractivity contribution is -0.118. The number of benzene rings is 2. The zero-order valence-corrected chi connectivity index (χ0v) is 16.2. The van der Waals surface area contributed by atoms with E-state index in [0.717, 1.165) is 0 Å². The molecular formula is C20H23NO7. The van der Waals surface area contributed by atoms with Crippen LogP contribution in [0.4, 0.5) is 5.69 Å². The number of anilines is 1. The largest absolute Gasteiger partial charge is 0.503 e. The molecule has 8 nitrogen and oxygen atoms in total. The van der Waals surface area contributed by atoms with Crippen LogP contribution in [0.5, 0.6) is 28.7 Å². The summed E-state index contributed by atoms with van der Waals surface area (Å²) in [5, 5.41) is 22.0. The molecule has 0 unspecified atom stereocenters. The van der Waals surface area contributed by atoms with Gasteiger partial charge in [0.1, 0.15) is 6.61 Å². The summed E-state index contributed by atoms with van der Waals surface area (Å²) in [7, 11) is 5.88. The number of ether oxygens (including phenoxy) is 4. The first-order valence-electron chi connectivity index (χ1n) is 8.22. The second-order valence-electron chi connectivity index (χ2n) is 5.64. The van der Waals surface area contributed by atoms with Gasteiger partial charge in [0.25, 0.3) is 0 Å². The van der Waals surface area contributed by atoms with Gasteiger partial charge in [-0.2, -0.15) is 0 Å². The fraction of sp³-hybridized carbons (Fsp3) is 0.250. The molecule has 0 fully saturated rings. The number of carbonyl (C=O) groups is 1. The van der Waals surface area contributed by atoms with Crippen molar-refractivity contribution in [1.29, 1.82) is 0 Å². The highest BCUT2D eigenvalue weighted by atomic mass is 16.5. The van der Waals surface area contributed by atoms with Gasteiger partial charge in [-0.1, -0.05) is 6.58 Å². The number of amides is 1. The lowest BCUT2D eigenvalue weighted by Gasteiger charge is -2.18. The molecule has 0 bridgehead atoms. The molecule has 0 radical (unpaired) electrons. The summed E-state index contributed by atoms with van der Waals surface area (Å²) in [6.45, 7) is 3.33. The smallest absolute Gasteiger partial charge is 0.250 e. The van der Waals surface area contributed by atoms with Crippen LogP contribution >= 0.6 is 0 Å².